The summed E-state index contributed by atoms with van der Waals surface area (Å²) in [6.07, 6.45) is -0.710. The maximum absolute atomic E-state index is 15.3. The molecule has 6 amide bonds. The van der Waals surface area contributed by atoms with Crippen LogP contribution in [0.3, 0.4) is 0 Å². The number of ether oxygens (including phenoxy) is 3. The smallest absolute Gasteiger partial charge is 0.331 e. The van der Waals surface area contributed by atoms with Crippen molar-refractivity contribution in [2.24, 2.45) is 17.8 Å². The lowest BCUT2D eigenvalue weighted by atomic mass is 9.78. The highest BCUT2D eigenvalue weighted by atomic mass is 16.7. The van der Waals surface area contributed by atoms with Crippen LogP contribution in [-0.4, -0.2) is 188 Å². The van der Waals surface area contributed by atoms with Gasteiger partial charge in [-0.2, -0.15) is 0 Å². The van der Waals surface area contributed by atoms with Gasteiger partial charge in [-0.25, -0.2) is 20.7 Å². The van der Waals surface area contributed by atoms with Crippen LogP contribution in [0.25, 0.3) is 0 Å². The maximum Gasteiger partial charge on any atom is 0.331 e. The van der Waals surface area contributed by atoms with Crippen molar-refractivity contribution in [2.75, 3.05) is 33.9 Å². The van der Waals surface area contributed by atoms with Crippen LogP contribution in [0.2, 0.25) is 0 Å². The average molecular weight is 1010 g/mol. The van der Waals surface area contributed by atoms with Crippen molar-refractivity contribution < 1.29 is 73.1 Å². The fourth-order valence-corrected chi connectivity index (χ4v) is 9.52. The second kappa shape index (κ2) is 24.7. The molecule has 4 fully saturated rings. The molecule has 0 spiro atoms. The lowest BCUT2D eigenvalue weighted by Gasteiger charge is -2.49. The molecular weight excluding hydrogens is 929 g/mol. The van der Waals surface area contributed by atoms with Crippen molar-refractivity contribution in [1.82, 2.24) is 41.5 Å². The van der Waals surface area contributed by atoms with Gasteiger partial charge in [0.2, 0.25) is 11.7 Å². The number of Topliss-reactive ketones (excluding diaryl/α,β-unsaturated/α-hetero) is 1. The van der Waals surface area contributed by atoms with Gasteiger partial charge >= 0.3 is 5.97 Å². The fraction of sp³-hybridized carbons (Fsp3) is 0.750. The quantitative estimate of drug-likeness (QED) is 0.0541. The van der Waals surface area contributed by atoms with E-state index in [1.54, 1.807) is 39.8 Å². The molecule has 0 aromatic heterocycles. The van der Waals surface area contributed by atoms with E-state index < -0.39 is 132 Å². The molecule has 23 heteroatoms. The molecule has 4 aliphatic rings. The maximum atomic E-state index is 15.3. The first-order chi connectivity index (χ1) is 33.2. The Bertz CT molecular complexity index is 2050. The largest absolute Gasteiger partial charge is 0.458 e. The van der Waals surface area contributed by atoms with Gasteiger partial charge in [-0.15, -0.1) is 0 Å². The Labute approximate surface area is 415 Å². The van der Waals surface area contributed by atoms with Gasteiger partial charge in [0.05, 0.1) is 18.8 Å². The number of nitrogens with zero attached hydrogens (tertiary/aromatic N) is 4. The van der Waals surface area contributed by atoms with Gasteiger partial charge in [0.15, 0.2) is 23.5 Å². The number of allylic oxidation sites excluding steroid dienone is 3. The molecule has 23 nitrogen and oxygen atoms in total. The highest BCUT2D eigenvalue weighted by Gasteiger charge is 2.59. The van der Waals surface area contributed by atoms with Gasteiger partial charge in [-0.3, -0.25) is 48.8 Å². The van der Waals surface area contributed by atoms with Crippen LogP contribution in [0.1, 0.15) is 114 Å². The molecule has 4 saturated heterocycles. The zero-order valence-electron chi connectivity index (χ0n) is 43.2. The van der Waals surface area contributed by atoms with Crippen molar-refractivity contribution in [2.45, 2.75) is 180 Å². The third kappa shape index (κ3) is 12.7. The summed E-state index contributed by atoms with van der Waals surface area (Å²) in [6.45, 7) is 15.5. The lowest BCUT2D eigenvalue weighted by molar-refractivity contribution is -0.325. The molecule has 400 valence electrons. The molecule has 13 atom stereocenters. The number of rotatable bonds is 12. The van der Waals surface area contributed by atoms with Gasteiger partial charge < -0.3 is 45.1 Å². The van der Waals surface area contributed by atoms with Crippen LogP contribution in [0.5, 0.6) is 0 Å². The minimum atomic E-state index is -2.82. The van der Waals surface area contributed by atoms with Gasteiger partial charge in [-0.05, 0) is 96.1 Å². The number of aliphatic hydroxyl groups excluding tert-OH is 1. The Morgan fingerprint density at radius 3 is 2.08 bits per heavy atom. The summed E-state index contributed by atoms with van der Waals surface area (Å²) in [5.74, 6) is -12.0. The molecule has 0 bridgehead atoms. The van der Waals surface area contributed by atoms with E-state index in [1.165, 1.54) is 48.8 Å². The third-order valence-corrected chi connectivity index (χ3v) is 14.3. The van der Waals surface area contributed by atoms with Gasteiger partial charge in [0.1, 0.15) is 30.3 Å². The third-order valence-electron chi connectivity index (χ3n) is 14.3. The van der Waals surface area contributed by atoms with E-state index in [1.807, 2.05) is 6.92 Å². The first-order valence-corrected chi connectivity index (χ1v) is 24.6. The summed E-state index contributed by atoms with van der Waals surface area (Å²) in [7, 11) is 2.47. The number of hydrogen-bond acceptors (Lipinski definition) is 17. The van der Waals surface area contributed by atoms with Gasteiger partial charge in [0, 0.05) is 39.6 Å². The zero-order chi connectivity index (χ0) is 53.4. The number of ketones is 1. The molecule has 0 saturated carbocycles. The van der Waals surface area contributed by atoms with E-state index in [4.69, 9.17) is 14.2 Å². The Morgan fingerprint density at radius 1 is 0.944 bits per heavy atom. The molecule has 0 aromatic carbocycles. The number of hydrazine groups is 2. The second-order valence-corrected chi connectivity index (χ2v) is 19.7. The molecular formula is C48H78N8O15. The normalized spacial score (nSPS) is 32.4. The molecule has 0 aromatic rings. The minimum absolute atomic E-state index is 0.0792. The van der Waals surface area contributed by atoms with Gasteiger partial charge in [0.25, 0.3) is 29.5 Å². The van der Waals surface area contributed by atoms with Gasteiger partial charge in [-0.1, -0.05) is 46.8 Å². The summed E-state index contributed by atoms with van der Waals surface area (Å²) in [5.41, 5.74) is 3.98. The van der Waals surface area contributed by atoms with Crippen molar-refractivity contribution in [3.63, 3.8) is 0 Å². The first kappa shape index (κ1) is 58.7. The minimum Gasteiger partial charge on any atom is -0.458 e. The van der Waals surface area contributed by atoms with E-state index in [2.05, 4.69) is 21.5 Å². The Balaban J connectivity index is 1.87. The molecule has 0 radical (unpaired) electrons. The van der Waals surface area contributed by atoms with E-state index in [0.29, 0.717) is 17.6 Å². The van der Waals surface area contributed by atoms with Crippen molar-refractivity contribution >= 4 is 47.2 Å². The Kier molecular flexibility index (Phi) is 20.4. The number of esters is 1. The number of fused-ring (bicyclic) bond motifs is 2. The number of likely N-dealkylation sites (N-methyl/N-ethyl adjacent to an activating group) is 1. The van der Waals surface area contributed by atoms with Crippen molar-refractivity contribution in [3.8, 4) is 0 Å². The summed E-state index contributed by atoms with van der Waals surface area (Å²) >= 11 is 0. The summed E-state index contributed by atoms with van der Waals surface area (Å²) < 4.78 is 17.5. The molecule has 4 heterocycles. The number of amides is 6. The number of hydrogen-bond donors (Lipinski definition) is 8. The number of cyclic esters (lactones) is 1. The predicted molar refractivity (Wildman–Crippen MR) is 253 cm³/mol. The molecule has 0 aliphatic carbocycles. The Morgan fingerprint density at radius 2 is 1.54 bits per heavy atom. The summed E-state index contributed by atoms with van der Waals surface area (Å²) in [4.78, 5) is 115. The monoisotopic (exact) mass is 1010 g/mol. The van der Waals surface area contributed by atoms with Crippen molar-refractivity contribution in [1.29, 1.82) is 0 Å². The molecule has 4 rings (SSSR count). The first-order valence-electron chi connectivity index (χ1n) is 24.6. The predicted octanol–water partition coefficient (Wildman–Crippen LogP) is -0.248. The topological polar surface area (TPSA) is 306 Å². The van der Waals surface area contributed by atoms with E-state index in [9.17, 15) is 54.1 Å². The number of carbonyl (C=O) groups excluding carboxylic acids is 8. The molecule has 2 unspecified atom stereocenters. The number of nitrogens with one attached hydrogen (secondary N) is 4. The molecule has 4 aliphatic heterocycles. The van der Waals surface area contributed by atoms with E-state index in [0.717, 1.165) is 14.9 Å². The number of hydroxylamine groups is 2. The zero-order valence-corrected chi connectivity index (χ0v) is 43.2. The number of methoxy groups -OCH3 is 1. The second-order valence-electron chi connectivity index (χ2n) is 19.7. The van der Waals surface area contributed by atoms with Crippen LogP contribution < -0.4 is 21.5 Å². The SMILES string of the molecule is C/C=C(\C)C(=O)[C@@H](C)/C=C(\C)[C@H]1O[C@@](O)([C@](O)(CC)C(=O)N[C@@H]2C(=O)N3NCCC[C@@H]3C(=O)N(O)C(COC)C(=O)N(C)[C@H](C)C(=O)N3NCCC[C@H]3C(=O)NC([C@H](C)O)C(=O)O[C@H]2C(C)C)CC[C@@H]1C. The van der Waals surface area contributed by atoms with Crippen LogP contribution >= 0.6 is 0 Å². The van der Waals surface area contributed by atoms with Crippen LogP contribution in [0.4, 0.5) is 0 Å². The number of aliphatic hydroxyl groups is 3. The standard InChI is InChI=1S/C48H78N8O15/c1-13-26(5)37(58)28(7)23-29(8)39-27(6)19-20-48(67,71-39)47(66,14-2)46(65)52-36-38(25(3)4)70-45(64)35(31(10)57)51-40(59)32-17-15-21-49-54(32)41(60)30(9)53(11)42(61)34(24-69-12)56(68)43(62)33-18-16-22-50-55(33)44(36)63/h13,23,25,27-28,30-36,38-39,49-50,57,66-68H,14-22,24H2,1-12H3,(H,51,59)(H,52,65)/b26-13+,29-23+/t27-,28-,30+,31-,32-,33+,34?,35?,36-,38-,39-,47-,48+/m0/s1. The van der Waals surface area contributed by atoms with E-state index >= 15 is 4.79 Å². The Hall–Kier alpha value is -4.88. The highest BCUT2D eigenvalue weighted by molar-refractivity contribution is 5.98. The summed E-state index contributed by atoms with van der Waals surface area (Å²) in [5, 5.41) is 54.4. The van der Waals surface area contributed by atoms with Crippen molar-refractivity contribution in [3.05, 3.63) is 23.3 Å². The van der Waals surface area contributed by atoms with Crippen LogP contribution in [0.15, 0.2) is 23.3 Å². The molecule has 8 N–H and O–H groups in total. The van der Waals surface area contributed by atoms with Crippen LogP contribution in [-0.2, 0) is 52.6 Å². The highest BCUT2D eigenvalue weighted by Crippen LogP contribution is 2.42. The number of carbonyl (C=O) groups is 8. The fourth-order valence-electron chi connectivity index (χ4n) is 9.52. The molecule has 71 heavy (non-hydrogen) atoms. The average Bonchev–Trinajstić information content (AvgIpc) is 3.35. The van der Waals surface area contributed by atoms with E-state index in [-0.39, 0.29) is 62.0 Å². The van der Waals surface area contributed by atoms with Crippen LogP contribution in [0, 0.1) is 17.8 Å². The lowest BCUT2D eigenvalue weighted by Crippen LogP contribution is -2.71. The summed E-state index contributed by atoms with van der Waals surface area (Å²) in [6, 6.07) is -9.79.